The summed E-state index contributed by atoms with van der Waals surface area (Å²) in [6.07, 6.45) is 0. The first-order valence-electron chi connectivity index (χ1n) is 9.19. The van der Waals surface area contributed by atoms with Crippen LogP contribution in [0.15, 0.2) is 24.3 Å². The lowest BCUT2D eigenvalue weighted by Gasteiger charge is -2.34. The molecule has 1 fully saturated rings. The summed E-state index contributed by atoms with van der Waals surface area (Å²) in [6.45, 7) is 5.02. The highest BCUT2D eigenvalue weighted by Crippen LogP contribution is 2.34. The lowest BCUT2D eigenvalue weighted by atomic mass is 10.3. The Kier molecular flexibility index (Phi) is 6.46. The molecule has 0 radical (unpaired) electrons. The maximum Gasteiger partial charge on any atom is 0.253 e. The molecule has 0 bridgehead atoms. The number of ether oxygens (including phenoxy) is 1. The summed E-state index contributed by atoms with van der Waals surface area (Å²) in [4.78, 5) is 21.6. The summed E-state index contributed by atoms with van der Waals surface area (Å²) in [5, 5.41) is 3.95. The third-order valence-electron chi connectivity index (χ3n) is 4.85. The summed E-state index contributed by atoms with van der Waals surface area (Å²) in [5.41, 5.74) is 1.37. The molecule has 2 aromatic heterocycles. The number of hydrogen-bond acceptors (Lipinski definition) is 7. The van der Waals surface area contributed by atoms with Gasteiger partial charge in [-0.15, -0.1) is 11.3 Å². The maximum atomic E-state index is 12.2. The van der Waals surface area contributed by atoms with Gasteiger partial charge in [0.15, 0.2) is 5.13 Å². The van der Waals surface area contributed by atoms with Crippen molar-refractivity contribution in [2.45, 2.75) is 0 Å². The number of aromatic nitrogens is 1. The average Bonchev–Trinajstić information content (AvgIpc) is 3.30. The van der Waals surface area contributed by atoms with E-state index in [9.17, 15) is 4.79 Å². The van der Waals surface area contributed by atoms with Crippen LogP contribution < -0.4 is 15.0 Å². The number of carbonyl (C=O) groups excluding carboxylic acids is 1. The highest BCUT2D eigenvalue weighted by molar-refractivity contribution is 7.22. The first kappa shape index (κ1) is 20.7. The van der Waals surface area contributed by atoms with Crippen LogP contribution in [0.1, 0.15) is 10.4 Å². The van der Waals surface area contributed by atoms with E-state index in [0.29, 0.717) is 20.8 Å². The fourth-order valence-electron chi connectivity index (χ4n) is 3.29. The molecule has 4 rings (SSSR count). The summed E-state index contributed by atoms with van der Waals surface area (Å²) < 4.78 is 7.50. The van der Waals surface area contributed by atoms with Gasteiger partial charge in [0.25, 0.3) is 5.91 Å². The van der Waals surface area contributed by atoms with Crippen molar-refractivity contribution < 1.29 is 9.53 Å². The predicted octanol–water partition coefficient (Wildman–Crippen LogP) is 4.23. The minimum atomic E-state index is -0.180. The number of hydrogen-bond donors (Lipinski definition) is 1. The molecule has 154 valence electrons. The Labute approximate surface area is 187 Å². The Hall–Kier alpha value is -1.58. The molecular weight excluding hydrogens is 451 g/mol. The summed E-state index contributed by atoms with van der Waals surface area (Å²) in [6, 6.07) is 7.61. The first-order valence-corrected chi connectivity index (χ1v) is 11.6. The van der Waals surface area contributed by atoms with Crippen molar-refractivity contribution in [1.29, 1.82) is 0 Å². The molecule has 0 aliphatic carbocycles. The zero-order valence-electron chi connectivity index (χ0n) is 15.8. The second-order valence-electron chi connectivity index (χ2n) is 6.63. The number of carbonyl (C=O) groups is 1. The van der Waals surface area contributed by atoms with Crippen molar-refractivity contribution in [3.05, 3.63) is 38.5 Å². The second-order valence-corrected chi connectivity index (χ2v) is 9.92. The van der Waals surface area contributed by atoms with Crippen LogP contribution in [0.4, 0.5) is 5.13 Å². The Morgan fingerprint density at radius 3 is 2.72 bits per heavy atom. The van der Waals surface area contributed by atoms with Gasteiger partial charge in [0.1, 0.15) is 15.6 Å². The SMILES string of the molecule is COc1cccc2sc(N3CCN(CCNC(=O)c4cc(Cl)sc4Cl)CC3)nc12. The minimum absolute atomic E-state index is 0.180. The van der Waals surface area contributed by atoms with Gasteiger partial charge < -0.3 is 15.0 Å². The van der Waals surface area contributed by atoms with E-state index in [4.69, 9.17) is 32.9 Å². The zero-order valence-corrected chi connectivity index (χ0v) is 18.9. The maximum absolute atomic E-state index is 12.2. The van der Waals surface area contributed by atoms with Crippen LogP contribution in [0.3, 0.4) is 0 Å². The molecule has 29 heavy (non-hydrogen) atoms. The monoisotopic (exact) mass is 470 g/mol. The lowest BCUT2D eigenvalue weighted by molar-refractivity contribution is 0.0948. The van der Waals surface area contributed by atoms with Crippen LogP contribution in [-0.2, 0) is 0 Å². The number of halogens is 2. The molecule has 0 spiro atoms. The number of anilines is 1. The van der Waals surface area contributed by atoms with Crippen molar-refractivity contribution >= 4 is 67.1 Å². The van der Waals surface area contributed by atoms with E-state index in [1.165, 1.54) is 11.3 Å². The molecule has 1 aromatic carbocycles. The minimum Gasteiger partial charge on any atom is -0.494 e. The van der Waals surface area contributed by atoms with E-state index in [2.05, 4.69) is 21.2 Å². The van der Waals surface area contributed by atoms with E-state index in [1.54, 1.807) is 24.5 Å². The van der Waals surface area contributed by atoms with E-state index in [-0.39, 0.29) is 5.91 Å². The van der Waals surface area contributed by atoms with Crippen LogP contribution in [-0.4, -0.2) is 62.2 Å². The van der Waals surface area contributed by atoms with Crippen LogP contribution in [0.2, 0.25) is 8.67 Å². The number of thiophene rings is 1. The largest absolute Gasteiger partial charge is 0.494 e. The number of nitrogens with one attached hydrogen (secondary N) is 1. The Morgan fingerprint density at radius 1 is 1.24 bits per heavy atom. The molecule has 0 atom stereocenters. The van der Waals surface area contributed by atoms with E-state index < -0.39 is 0 Å². The van der Waals surface area contributed by atoms with Gasteiger partial charge in [-0.1, -0.05) is 40.6 Å². The van der Waals surface area contributed by atoms with E-state index >= 15 is 0 Å². The number of rotatable bonds is 6. The van der Waals surface area contributed by atoms with Crippen molar-refractivity contribution in [2.24, 2.45) is 0 Å². The van der Waals surface area contributed by atoms with Gasteiger partial charge in [-0.25, -0.2) is 4.98 Å². The second kappa shape index (κ2) is 9.06. The van der Waals surface area contributed by atoms with Gasteiger partial charge in [-0.2, -0.15) is 0 Å². The molecule has 3 aromatic rings. The summed E-state index contributed by atoms with van der Waals surface area (Å²) in [7, 11) is 1.67. The summed E-state index contributed by atoms with van der Waals surface area (Å²) in [5.74, 6) is 0.631. The molecule has 6 nitrogen and oxygen atoms in total. The molecule has 1 aliphatic rings. The molecule has 3 heterocycles. The van der Waals surface area contributed by atoms with Crippen molar-refractivity contribution in [3.8, 4) is 5.75 Å². The van der Waals surface area contributed by atoms with Gasteiger partial charge in [0.05, 0.1) is 21.7 Å². The number of amides is 1. The molecule has 1 aliphatic heterocycles. The third kappa shape index (κ3) is 4.62. The lowest BCUT2D eigenvalue weighted by Crippen LogP contribution is -2.48. The number of para-hydroxylation sites is 1. The standard InChI is InChI=1S/C19H20Cl2N4O2S2/c1-27-13-3-2-4-14-16(13)23-19(28-14)25-9-7-24(8-10-25)6-5-22-18(26)12-11-15(20)29-17(12)21/h2-4,11H,5-10H2,1H3,(H,22,26). The highest BCUT2D eigenvalue weighted by Gasteiger charge is 2.21. The molecule has 1 saturated heterocycles. The Balaban J connectivity index is 1.27. The van der Waals surface area contributed by atoms with Crippen LogP contribution in [0, 0.1) is 0 Å². The molecule has 1 N–H and O–H groups in total. The molecular formula is C19H20Cl2N4O2S2. The topological polar surface area (TPSA) is 57.7 Å². The van der Waals surface area contributed by atoms with Gasteiger partial charge in [0.2, 0.25) is 0 Å². The normalized spacial score (nSPS) is 15.1. The number of thiazole rings is 1. The quantitative estimate of drug-likeness (QED) is 0.584. The van der Waals surface area contributed by atoms with Crippen LogP contribution >= 0.6 is 45.9 Å². The number of methoxy groups -OCH3 is 1. The smallest absolute Gasteiger partial charge is 0.253 e. The Bertz CT molecular complexity index is 1010. The number of benzene rings is 1. The van der Waals surface area contributed by atoms with E-state index in [1.807, 2.05) is 12.1 Å². The van der Waals surface area contributed by atoms with Gasteiger partial charge >= 0.3 is 0 Å². The van der Waals surface area contributed by atoms with Crippen molar-refractivity contribution in [2.75, 3.05) is 51.3 Å². The summed E-state index contributed by atoms with van der Waals surface area (Å²) >= 11 is 14.8. The third-order valence-corrected chi connectivity index (χ3v) is 7.42. The van der Waals surface area contributed by atoms with Crippen molar-refractivity contribution in [1.82, 2.24) is 15.2 Å². The molecule has 0 saturated carbocycles. The van der Waals surface area contributed by atoms with Crippen molar-refractivity contribution in [3.63, 3.8) is 0 Å². The fraction of sp³-hybridized carbons (Fsp3) is 0.368. The fourth-order valence-corrected chi connectivity index (χ4v) is 5.79. The van der Waals surface area contributed by atoms with Gasteiger partial charge in [0, 0.05) is 39.3 Å². The number of piperazine rings is 1. The van der Waals surface area contributed by atoms with Crippen LogP contribution in [0.25, 0.3) is 10.2 Å². The first-order chi connectivity index (χ1) is 14.0. The number of nitrogens with zero attached hydrogens (tertiary/aromatic N) is 3. The molecule has 0 unspecified atom stereocenters. The molecule has 10 heteroatoms. The van der Waals surface area contributed by atoms with Gasteiger partial charge in [-0.3, -0.25) is 9.69 Å². The van der Waals surface area contributed by atoms with Gasteiger partial charge in [-0.05, 0) is 18.2 Å². The van der Waals surface area contributed by atoms with Crippen LogP contribution in [0.5, 0.6) is 5.75 Å². The predicted molar refractivity (Wildman–Crippen MR) is 121 cm³/mol. The average molecular weight is 471 g/mol. The van der Waals surface area contributed by atoms with E-state index in [0.717, 1.165) is 53.8 Å². The highest BCUT2D eigenvalue weighted by atomic mass is 35.5. The zero-order chi connectivity index (χ0) is 20.4. The number of fused-ring (bicyclic) bond motifs is 1. The molecule has 1 amide bonds. The Morgan fingerprint density at radius 2 is 2.03 bits per heavy atom.